The molecule has 28 heavy (non-hydrogen) atoms. The van der Waals surface area contributed by atoms with Gasteiger partial charge in [0.15, 0.2) is 6.61 Å². The number of hydrogen-bond acceptors (Lipinski definition) is 4. The highest BCUT2D eigenvalue weighted by atomic mass is 35.5. The second-order valence-electron chi connectivity index (χ2n) is 6.36. The summed E-state index contributed by atoms with van der Waals surface area (Å²) in [5, 5.41) is 4.42. The van der Waals surface area contributed by atoms with Gasteiger partial charge in [-0.15, -0.1) is 11.3 Å². The van der Waals surface area contributed by atoms with Gasteiger partial charge in [-0.05, 0) is 73.2 Å². The highest BCUT2D eigenvalue weighted by Crippen LogP contribution is 2.31. The number of thiazole rings is 1. The van der Waals surface area contributed by atoms with Gasteiger partial charge in [-0.2, -0.15) is 0 Å². The van der Waals surface area contributed by atoms with E-state index in [1.807, 2.05) is 24.3 Å². The van der Waals surface area contributed by atoms with Gasteiger partial charge in [0.05, 0.1) is 10.2 Å². The second kappa shape index (κ2) is 8.00. The molecule has 0 atom stereocenters. The number of nitrogens with zero attached hydrogens (tertiary/aromatic N) is 1. The number of ether oxygens (including phenoxy) is 1. The summed E-state index contributed by atoms with van der Waals surface area (Å²) in [7, 11) is 0. The van der Waals surface area contributed by atoms with Gasteiger partial charge in [0.1, 0.15) is 10.8 Å². The molecule has 0 saturated carbocycles. The lowest BCUT2D eigenvalue weighted by Gasteiger charge is -2.08. The Morgan fingerprint density at radius 2 is 1.82 bits per heavy atom. The minimum atomic E-state index is -0.224. The third-order valence-electron chi connectivity index (χ3n) is 4.14. The number of amides is 1. The van der Waals surface area contributed by atoms with Crippen LogP contribution in [0, 0.1) is 6.92 Å². The minimum absolute atomic E-state index is 0.0688. The van der Waals surface area contributed by atoms with Crippen molar-refractivity contribution in [3.05, 3.63) is 77.3 Å². The van der Waals surface area contributed by atoms with Crippen molar-refractivity contribution in [3.8, 4) is 16.3 Å². The van der Waals surface area contributed by atoms with Gasteiger partial charge in [0, 0.05) is 16.3 Å². The van der Waals surface area contributed by atoms with E-state index in [0.717, 1.165) is 20.8 Å². The molecule has 1 amide bonds. The van der Waals surface area contributed by atoms with Crippen molar-refractivity contribution in [2.24, 2.45) is 0 Å². The molecule has 1 aromatic heterocycles. The summed E-state index contributed by atoms with van der Waals surface area (Å²) in [5.41, 5.74) is 3.94. The Morgan fingerprint density at radius 3 is 2.57 bits per heavy atom. The Balaban J connectivity index is 1.39. The van der Waals surface area contributed by atoms with E-state index in [-0.39, 0.29) is 12.5 Å². The predicted octanol–water partition coefficient (Wildman–Crippen LogP) is 5.94. The zero-order chi connectivity index (χ0) is 19.5. The first-order valence-corrected chi connectivity index (χ1v) is 9.92. The molecule has 1 heterocycles. The van der Waals surface area contributed by atoms with Gasteiger partial charge in [-0.3, -0.25) is 4.79 Å². The third-order valence-corrected chi connectivity index (χ3v) is 5.48. The average Bonchev–Trinajstić information content (AvgIpc) is 3.11. The SMILES string of the molecule is Cc1ccc2sc(-c3ccc(NC(=O)COc4ccc(Cl)cc4)cc3)nc2c1. The Labute approximate surface area is 171 Å². The maximum atomic E-state index is 12.1. The fourth-order valence-corrected chi connectivity index (χ4v) is 3.81. The molecule has 0 aliphatic rings. The number of anilines is 1. The Morgan fingerprint density at radius 1 is 1.07 bits per heavy atom. The number of aryl methyl sites for hydroxylation is 1. The number of halogens is 1. The van der Waals surface area contributed by atoms with Crippen molar-refractivity contribution in [2.45, 2.75) is 6.92 Å². The van der Waals surface area contributed by atoms with Gasteiger partial charge in [-0.25, -0.2) is 4.98 Å². The molecule has 0 aliphatic carbocycles. The Kier molecular flexibility index (Phi) is 5.28. The first kappa shape index (κ1) is 18.5. The van der Waals surface area contributed by atoms with Crippen LogP contribution in [0.25, 0.3) is 20.8 Å². The van der Waals surface area contributed by atoms with Crippen LogP contribution in [-0.2, 0) is 4.79 Å². The molecule has 0 saturated heterocycles. The number of nitrogens with one attached hydrogen (secondary N) is 1. The molecule has 0 fully saturated rings. The van der Waals surface area contributed by atoms with Crippen molar-refractivity contribution < 1.29 is 9.53 Å². The van der Waals surface area contributed by atoms with Gasteiger partial charge in [0.25, 0.3) is 5.91 Å². The van der Waals surface area contributed by atoms with E-state index in [2.05, 4.69) is 30.4 Å². The van der Waals surface area contributed by atoms with Crippen LogP contribution in [0.5, 0.6) is 5.75 Å². The first-order valence-electron chi connectivity index (χ1n) is 8.73. The van der Waals surface area contributed by atoms with E-state index in [1.165, 1.54) is 5.56 Å². The molecule has 4 nitrogen and oxygen atoms in total. The molecule has 1 N–H and O–H groups in total. The largest absolute Gasteiger partial charge is 0.484 e. The van der Waals surface area contributed by atoms with Crippen LogP contribution in [0.1, 0.15) is 5.56 Å². The summed E-state index contributed by atoms with van der Waals surface area (Å²) < 4.78 is 6.62. The third kappa shape index (κ3) is 4.32. The highest BCUT2D eigenvalue weighted by molar-refractivity contribution is 7.21. The molecule has 0 unspecified atom stereocenters. The maximum Gasteiger partial charge on any atom is 0.262 e. The minimum Gasteiger partial charge on any atom is -0.484 e. The molecule has 0 radical (unpaired) electrons. The molecule has 6 heteroatoms. The van der Waals surface area contributed by atoms with Crippen molar-refractivity contribution in [1.29, 1.82) is 0 Å². The maximum absolute atomic E-state index is 12.1. The van der Waals surface area contributed by atoms with Gasteiger partial charge < -0.3 is 10.1 Å². The van der Waals surface area contributed by atoms with E-state index in [4.69, 9.17) is 21.3 Å². The first-order chi connectivity index (χ1) is 13.6. The van der Waals surface area contributed by atoms with Crippen molar-refractivity contribution in [2.75, 3.05) is 11.9 Å². The lowest BCUT2D eigenvalue weighted by molar-refractivity contribution is -0.118. The van der Waals surface area contributed by atoms with Gasteiger partial charge >= 0.3 is 0 Å². The van der Waals surface area contributed by atoms with E-state index in [1.54, 1.807) is 35.6 Å². The summed E-state index contributed by atoms with van der Waals surface area (Å²) in [6.07, 6.45) is 0. The quantitative estimate of drug-likeness (QED) is 0.444. The topological polar surface area (TPSA) is 51.2 Å². The number of aromatic nitrogens is 1. The molecule has 0 aliphatic heterocycles. The van der Waals surface area contributed by atoms with Crippen LogP contribution in [0.4, 0.5) is 5.69 Å². The summed E-state index contributed by atoms with van der Waals surface area (Å²) in [6, 6.07) is 20.8. The normalized spacial score (nSPS) is 10.8. The fraction of sp³-hybridized carbons (Fsp3) is 0.0909. The molecule has 4 rings (SSSR count). The standard InChI is InChI=1S/C22H17ClN2O2S/c1-14-2-11-20-19(12-14)25-22(28-20)15-3-7-17(8-4-15)24-21(26)13-27-18-9-5-16(23)6-10-18/h2-12H,13H2,1H3,(H,24,26). The summed E-state index contributed by atoms with van der Waals surface area (Å²) >= 11 is 7.49. The molecule has 4 aromatic rings. The molecule has 140 valence electrons. The number of carbonyl (C=O) groups is 1. The van der Waals surface area contributed by atoms with Crippen LogP contribution >= 0.6 is 22.9 Å². The lowest BCUT2D eigenvalue weighted by Crippen LogP contribution is -2.20. The van der Waals surface area contributed by atoms with E-state index in [0.29, 0.717) is 16.5 Å². The van der Waals surface area contributed by atoms with Crippen LogP contribution in [0.3, 0.4) is 0 Å². The monoisotopic (exact) mass is 408 g/mol. The van der Waals surface area contributed by atoms with Crippen molar-refractivity contribution in [3.63, 3.8) is 0 Å². The molecule has 0 bridgehead atoms. The van der Waals surface area contributed by atoms with Gasteiger partial charge in [-0.1, -0.05) is 17.7 Å². The zero-order valence-corrected chi connectivity index (χ0v) is 16.7. The number of hydrogen-bond donors (Lipinski definition) is 1. The molecule has 3 aromatic carbocycles. The summed E-state index contributed by atoms with van der Waals surface area (Å²) in [4.78, 5) is 16.8. The number of fused-ring (bicyclic) bond motifs is 1. The van der Waals surface area contributed by atoms with Crippen molar-refractivity contribution >= 4 is 44.7 Å². The number of rotatable bonds is 5. The second-order valence-corrected chi connectivity index (χ2v) is 7.83. The zero-order valence-electron chi connectivity index (χ0n) is 15.1. The molecule has 0 spiro atoms. The fourth-order valence-electron chi connectivity index (χ4n) is 2.73. The summed E-state index contributed by atoms with van der Waals surface area (Å²) in [6.45, 7) is 1.99. The molecular formula is C22H17ClN2O2S. The highest BCUT2D eigenvalue weighted by Gasteiger charge is 2.08. The molecular weight excluding hydrogens is 392 g/mol. The number of carbonyl (C=O) groups excluding carboxylic acids is 1. The van der Waals surface area contributed by atoms with Gasteiger partial charge in [0.2, 0.25) is 0 Å². The van der Waals surface area contributed by atoms with E-state index >= 15 is 0 Å². The van der Waals surface area contributed by atoms with Crippen LogP contribution in [-0.4, -0.2) is 17.5 Å². The van der Waals surface area contributed by atoms with Crippen LogP contribution in [0.15, 0.2) is 66.7 Å². The smallest absolute Gasteiger partial charge is 0.262 e. The van der Waals surface area contributed by atoms with Crippen LogP contribution in [0.2, 0.25) is 5.02 Å². The summed E-state index contributed by atoms with van der Waals surface area (Å²) in [5.74, 6) is 0.374. The van der Waals surface area contributed by atoms with E-state index in [9.17, 15) is 4.79 Å². The average molecular weight is 409 g/mol. The van der Waals surface area contributed by atoms with E-state index < -0.39 is 0 Å². The Bertz CT molecular complexity index is 1120. The Hall–Kier alpha value is -2.89. The predicted molar refractivity (Wildman–Crippen MR) is 115 cm³/mol. The van der Waals surface area contributed by atoms with Crippen molar-refractivity contribution in [1.82, 2.24) is 4.98 Å². The lowest BCUT2D eigenvalue weighted by atomic mass is 10.2. The van der Waals surface area contributed by atoms with Crippen LogP contribution < -0.4 is 10.1 Å². The number of benzene rings is 3.